The number of aromatic nitrogens is 2. The number of ether oxygens (including phenoxy) is 3. The summed E-state index contributed by atoms with van der Waals surface area (Å²) < 4.78 is 16.5. The number of methoxy groups -OCH3 is 2. The number of nitrogens with zero attached hydrogens (tertiary/aromatic N) is 4. The van der Waals surface area contributed by atoms with Crippen LogP contribution in [0.25, 0.3) is 22.3 Å². The van der Waals surface area contributed by atoms with Gasteiger partial charge in [-0.3, -0.25) is 14.9 Å². The number of rotatable bonds is 9. The van der Waals surface area contributed by atoms with Crippen molar-refractivity contribution in [3.63, 3.8) is 0 Å². The topological polar surface area (TPSA) is 135 Å². The molecule has 0 atom stereocenters. The zero-order valence-corrected chi connectivity index (χ0v) is 23.8. The Balaban J connectivity index is 1.90. The molecule has 11 nitrogen and oxygen atoms in total. The molecule has 41 heavy (non-hydrogen) atoms. The van der Waals surface area contributed by atoms with Crippen LogP contribution in [0.4, 0.5) is 5.69 Å². The summed E-state index contributed by atoms with van der Waals surface area (Å²) >= 11 is 6.28. The highest BCUT2D eigenvalue weighted by Gasteiger charge is 2.22. The molecule has 0 saturated carbocycles. The Morgan fingerprint density at radius 3 is 2.59 bits per heavy atom. The van der Waals surface area contributed by atoms with E-state index in [0.717, 1.165) is 28.7 Å². The highest BCUT2D eigenvalue weighted by molar-refractivity contribution is 6.32. The average Bonchev–Trinajstić information content (AvgIpc) is 2.95. The minimum absolute atomic E-state index is 0.121. The fraction of sp³-hybridized carbons (Fsp3) is 0.241. The Labute approximate surface area is 240 Å². The van der Waals surface area contributed by atoms with Gasteiger partial charge in [-0.15, -0.1) is 0 Å². The van der Waals surface area contributed by atoms with Gasteiger partial charge in [0.05, 0.1) is 41.3 Å². The van der Waals surface area contributed by atoms with Crippen LogP contribution in [0, 0.1) is 17.0 Å². The van der Waals surface area contributed by atoms with Gasteiger partial charge in [-0.1, -0.05) is 37.6 Å². The third kappa shape index (κ3) is 6.04. The second-order valence-corrected chi connectivity index (χ2v) is 9.76. The van der Waals surface area contributed by atoms with E-state index in [1.807, 2.05) is 32.9 Å². The van der Waals surface area contributed by atoms with Gasteiger partial charge in [-0.05, 0) is 54.3 Å². The van der Waals surface area contributed by atoms with Gasteiger partial charge in [-0.25, -0.2) is 9.78 Å². The molecule has 0 radical (unpaired) electrons. The molecule has 0 fully saturated rings. The van der Waals surface area contributed by atoms with Crippen LogP contribution in [0.5, 0.6) is 11.5 Å². The van der Waals surface area contributed by atoms with E-state index in [1.54, 1.807) is 31.4 Å². The molecular formula is C29H27ClN4O7. The van der Waals surface area contributed by atoms with E-state index in [2.05, 4.69) is 9.84 Å². The molecular weight excluding hydrogens is 552 g/mol. The van der Waals surface area contributed by atoms with Gasteiger partial charge in [0.25, 0.3) is 5.56 Å². The Kier molecular flexibility index (Phi) is 8.68. The first-order chi connectivity index (χ1) is 19.5. The molecule has 0 aliphatic heterocycles. The number of carbonyl (C=O) groups is 1. The number of nitro benzene ring substituents is 1. The monoisotopic (exact) mass is 578 g/mol. The summed E-state index contributed by atoms with van der Waals surface area (Å²) in [5.74, 6) is 0.100. The second kappa shape index (κ2) is 12.2. The largest absolute Gasteiger partial charge is 0.496 e. The summed E-state index contributed by atoms with van der Waals surface area (Å²) in [5.41, 5.74) is 2.20. The molecule has 0 unspecified atom stereocenters. The number of fused-ring (bicyclic) bond motifs is 1. The molecule has 0 aliphatic carbocycles. The van der Waals surface area contributed by atoms with Gasteiger partial charge >= 0.3 is 11.7 Å². The normalized spacial score (nSPS) is 11.3. The van der Waals surface area contributed by atoms with Crippen LogP contribution >= 0.6 is 11.6 Å². The Hall–Kier alpha value is -4.77. The van der Waals surface area contributed by atoms with Gasteiger partial charge in [0, 0.05) is 17.2 Å². The maximum Gasteiger partial charge on any atom is 0.343 e. The predicted octanol–water partition coefficient (Wildman–Crippen LogP) is 5.50. The van der Waals surface area contributed by atoms with Crippen molar-refractivity contribution in [3.05, 3.63) is 90.7 Å². The number of aryl methyl sites for hydroxylation is 1. The van der Waals surface area contributed by atoms with Crippen molar-refractivity contribution in [2.75, 3.05) is 20.8 Å². The maximum absolute atomic E-state index is 13.7. The van der Waals surface area contributed by atoms with Crippen LogP contribution in [-0.4, -0.2) is 47.6 Å². The second-order valence-electron chi connectivity index (χ2n) is 9.35. The number of carbonyl (C=O) groups excluding carboxylic acids is 1. The first kappa shape index (κ1) is 29.2. The van der Waals surface area contributed by atoms with Crippen LogP contribution in [0.2, 0.25) is 5.02 Å². The molecule has 0 saturated heterocycles. The summed E-state index contributed by atoms with van der Waals surface area (Å²) in [6.07, 6.45) is 1.27. The number of halogens is 1. The zero-order chi connectivity index (χ0) is 29.8. The van der Waals surface area contributed by atoms with Gasteiger partial charge < -0.3 is 14.2 Å². The molecule has 212 valence electrons. The highest BCUT2D eigenvalue weighted by atomic mass is 35.5. The molecule has 4 aromatic rings. The molecule has 4 rings (SSSR count). The van der Waals surface area contributed by atoms with Crippen molar-refractivity contribution in [2.45, 2.75) is 26.7 Å². The third-order valence-electron chi connectivity index (χ3n) is 6.32. The lowest BCUT2D eigenvalue weighted by atomic mass is 9.96. The quantitative estimate of drug-likeness (QED) is 0.110. The summed E-state index contributed by atoms with van der Waals surface area (Å²) in [7, 11) is 2.76. The van der Waals surface area contributed by atoms with Crippen molar-refractivity contribution < 1.29 is 23.9 Å². The van der Waals surface area contributed by atoms with E-state index in [0.29, 0.717) is 16.5 Å². The molecule has 0 bridgehead atoms. The standard InChI is InChI=1S/C29H27ClN4O7/c1-16(2)20-13-21(17(3)10-25(20)39-4)28-32-23-9-7-6-8-19(23)29(36)33(28)31-14-18-11-22(30)27(24(12-18)34(37)38)41-15-26(35)40-5/h6-14,16H,15H2,1-5H3. The van der Waals surface area contributed by atoms with Crippen molar-refractivity contribution in [1.29, 1.82) is 0 Å². The lowest BCUT2D eigenvalue weighted by molar-refractivity contribution is -0.385. The molecule has 0 spiro atoms. The van der Waals surface area contributed by atoms with Crippen LogP contribution in [0.1, 0.15) is 36.5 Å². The highest BCUT2D eigenvalue weighted by Crippen LogP contribution is 2.36. The van der Waals surface area contributed by atoms with E-state index >= 15 is 0 Å². The lowest BCUT2D eigenvalue weighted by Gasteiger charge is -2.17. The fourth-order valence-electron chi connectivity index (χ4n) is 4.24. The Bertz CT molecular complexity index is 1750. The smallest absolute Gasteiger partial charge is 0.343 e. The fourth-order valence-corrected chi connectivity index (χ4v) is 4.52. The number of nitro groups is 1. The van der Waals surface area contributed by atoms with Crippen molar-refractivity contribution in [3.8, 4) is 22.9 Å². The van der Waals surface area contributed by atoms with Crippen LogP contribution in [0.3, 0.4) is 0 Å². The summed E-state index contributed by atoms with van der Waals surface area (Å²) in [5, 5.41) is 16.4. The first-order valence-electron chi connectivity index (χ1n) is 12.5. The van der Waals surface area contributed by atoms with Gasteiger partial charge in [-0.2, -0.15) is 9.78 Å². The molecule has 1 aromatic heterocycles. The van der Waals surface area contributed by atoms with Crippen LogP contribution < -0.4 is 15.0 Å². The van der Waals surface area contributed by atoms with Crippen molar-refractivity contribution in [1.82, 2.24) is 9.66 Å². The van der Waals surface area contributed by atoms with E-state index in [-0.39, 0.29) is 28.1 Å². The van der Waals surface area contributed by atoms with Crippen LogP contribution in [-0.2, 0) is 9.53 Å². The predicted molar refractivity (Wildman–Crippen MR) is 155 cm³/mol. The van der Waals surface area contributed by atoms with E-state index in [9.17, 15) is 19.7 Å². The number of hydrogen-bond donors (Lipinski definition) is 0. The van der Waals surface area contributed by atoms with Gasteiger partial charge in [0.2, 0.25) is 5.75 Å². The van der Waals surface area contributed by atoms with Crippen molar-refractivity contribution in [2.24, 2.45) is 5.10 Å². The van der Waals surface area contributed by atoms with Gasteiger partial charge in [0.15, 0.2) is 12.4 Å². The summed E-state index contributed by atoms with van der Waals surface area (Å²) in [6.45, 7) is 5.38. The maximum atomic E-state index is 13.7. The molecule has 0 aliphatic rings. The number of para-hydroxylation sites is 1. The van der Waals surface area contributed by atoms with Crippen LogP contribution in [0.15, 0.2) is 58.4 Å². The van der Waals surface area contributed by atoms with Gasteiger partial charge in [0.1, 0.15) is 5.75 Å². The molecule has 0 amide bonds. The molecule has 3 aromatic carbocycles. The summed E-state index contributed by atoms with van der Waals surface area (Å²) in [6, 6.07) is 13.3. The Morgan fingerprint density at radius 2 is 1.93 bits per heavy atom. The molecule has 12 heteroatoms. The van der Waals surface area contributed by atoms with E-state index in [4.69, 9.17) is 26.1 Å². The number of esters is 1. The lowest BCUT2D eigenvalue weighted by Crippen LogP contribution is -2.21. The minimum Gasteiger partial charge on any atom is -0.496 e. The zero-order valence-electron chi connectivity index (χ0n) is 23.0. The minimum atomic E-state index is -0.730. The van der Waals surface area contributed by atoms with E-state index < -0.39 is 28.7 Å². The SMILES string of the molecule is COC(=O)COc1c(Cl)cc(C=Nn2c(-c3cc(C(C)C)c(OC)cc3C)nc3ccccc3c2=O)cc1[N+](=O)[O-]. The third-order valence-corrected chi connectivity index (χ3v) is 6.60. The number of hydrogen-bond acceptors (Lipinski definition) is 9. The molecule has 1 heterocycles. The Morgan fingerprint density at radius 1 is 1.20 bits per heavy atom. The first-order valence-corrected chi connectivity index (χ1v) is 12.9. The average molecular weight is 579 g/mol. The van der Waals surface area contributed by atoms with Crippen molar-refractivity contribution >= 4 is 40.4 Å². The number of benzene rings is 3. The molecule has 0 N–H and O–H groups in total. The van der Waals surface area contributed by atoms with E-state index in [1.165, 1.54) is 18.3 Å². The summed E-state index contributed by atoms with van der Waals surface area (Å²) in [4.78, 5) is 41.0.